The number of aromatic nitrogens is 2. The number of rotatable bonds is 10. The van der Waals surface area contributed by atoms with Gasteiger partial charge >= 0.3 is 11.9 Å². The summed E-state index contributed by atoms with van der Waals surface area (Å²) in [6.07, 6.45) is 0.758. The quantitative estimate of drug-likeness (QED) is 0.103. The van der Waals surface area contributed by atoms with Crippen LogP contribution in [0.25, 0.3) is 21.8 Å². The second-order valence-corrected chi connectivity index (χ2v) is 14.2. The van der Waals surface area contributed by atoms with E-state index in [4.69, 9.17) is 49.0 Å². The number of esters is 2. The maximum absolute atomic E-state index is 13.4. The Hall–Kier alpha value is -5.09. The zero-order valence-corrected chi connectivity index (χ0v) is 31.9. The van der Waals surface area contributed by atoms with Crippen LogP contribution in [0.15, 0.2) is 82.4 Å². The number of halogens is 3. The van der Waals surface area contributed by atoms with Crippen molar-refractivity contribution in [1.29, 1.82) is 0 Å². The van der Waals surface area contributed by atoms with Crippen LogP contribution >= 0.6 is 34.8 Å². The van der Waals surface area contributed by atoms with Crippen LogP contribution in [-0.4, -0.2) is 34.3 Å². The summed E-state index contributed by atoms with van der Waals surface area (Å²) in [4.78, 5) is 52.5. The van der Waals surface area contributed by atoms with Crippen LogP contribution in [0.1, 0.15) is 38.9 Å². The van der Waals surface area contributed by atoms with Gasteiger partial charge in [-0.1, -0.05) is 59.1 Å². The van der Waals surface area contributed by atoms with E-state index in [1.54, 1.807) is 75.0 Å². The number of ether oxygens (including phenoxy) is 3. The number of hydrogen-bond acceptors (Lipinski definition) is 7. The highest BCUT2D eigenvalue weighted by Gasteiger charge is 2.22. The van der Waals surface area contributed by atoms with Crippen LogP contribution < -0.4 is 20.6 Å². The molecule has 0 saturated heterocycles. The van der Waals surface area contributed by atoms with E-state index < -0.39 is 25.2 Å². The average Bonchev–Trinajstić information content (AvgIpc) is 3.13. The van der Waals surface area contributed by atoms with Gasteiger partial charge in [0.25, 0.3) is 11.1 Å². The van der Waals surface area contributed by atoms with Crippen molar-refractivity contribution in [2.45, 2.75) is 33.6 Å². The van der Waals surface area contributed by atoms with E-state index in [1.807, 2.05) is 37.3 Å². The maximum atomic E-state index is 13.4. The minimum Gasteiger partial charge on any atom is -0.481 e. The molecule has 0 unspecified atom stereocenters. The lowest BCUT2D eigenvalue weighted by atomic mass is 9.95. The number of carbonyl (C=O) groups excluding carboxylic acids is 2. The maximum Gasteiger partial charge on any atom is 0.351 e. The molecule has 6 rings (SSSR count). The van der Waals surface area contributed by atoms with E-state index >= 15 is 0 Å². The molecule has 0 N–H and O–H groups in total. The Kier molecular flexibility index (Phi) is 11.0. The predicted octanol–water partition coefficient (Wildman–Crippen LogP) is 7.99. The van der Waals surface area contributed by atoms with Crippen LogP contribution in [0.2, 0.25) is 15.1 Å². The Morgan fingerprint density at radius 2 is 1.17 bits per heavy atom. The number of fused-ring (bicyclic) bond motifs is 2. The first kappa shape index (κ1) is 37.7. The number of pyridine rings is 2. The van der Waals surface area contributed by atoms with Gasteiger partial charge in [0, 0.05) is 52.5 Å². The molecule has 12 heteroatoms. The lowest BCUT2D eigenvalue weighted by molar-refractivity contribution is -0.162. The van der Waals surface area contributed by atoms with E-state index in [2.05, 4.69) is 0 Å². The summed E-state index contributed by atoms with van der Waals surface area (Å²) in [6.45, 7) is 4.24. The molecule has 0 aliphatic carbocycles. The van der Waals surface area contributed by atoms with Crippen molar-refractivity contribution in [3.63, 3.8) is 0 Å². The minimum absolute atomic E-state index is 0.147. The van der Waals surface area contributed by atoms with Crippen molar-refractivity contribution < 1.29 is 23.8 Å². The smallest absolute Gasteiger partial charge is 0.351 e. The first-order chi connectivity index (χ1) is 25.2. The fourth-order valence-corrected chi connectivity index (χ4v) is 7.10. The van der Waals surface area contributed by atoms with Crippen LogP contribution in [-0.2, 0) is 41.3 Å². The number of benzene rings is 4. The van der Waals surface area contributed by atoms with Gasteiger partial charge < -0.3 is 23.3 Å². The van der Waals surface area contributed by atoms with Gasteiger partial charge in [-0.25, -0.2) is 9.59 Å². The third-order valence-corrected chi connectivity index (χ3v) is 10.1. The van der Waals surface area contributed by atoms with Gasteiger partial charge in [-0.05, 0) is 104 Å². The van der Waals surface area contributed by atoms with Gasteiger partial charge in [0.1, 0.15) is 11.5 Å². The average molecular weight is 774 g/mol. The second kappa shape index (κ2) is 15.5. The fraction of sp³-hybridized carbons (Fsp3) is 0.220. The molecule has 0 amide bonds. The standard InChI is InChI=1S/C41H35Cl3N2O7/c1-22-16-32-38(29(24(3)40(49)45(32)4)18-25-6-10-27(42)11-7-25)34(17-22)52-21-36(48)53-35(47)20-51-33-15-14-31(44)39-37(33)23(2)30(41(50)46(39)5)19-26-8-12-28(43)13-9-26/h6-17H,18-21H2,1-5H3. The lowest BCUT2D eigenvalue weighted by Crippen LogP contribution is -2.25. The number of hydrogen-bond donors (Lipinski definition) is 0. The number of carbonyl (C=O) groups is 2. The van der Waals surface area contributed by atoms with E-state index in [9.17, 15) is 19.2 Å². The molecule has 53 heavy (non-hydrogen) atoms. The zero-order valence-electron chi connectivity index (χ0n) is 29.6. The molecule has 0 aliphatic rings. The molecule has 2 heterocycles. The largest absolute Gasteiger partial charge is 0.481 e. The minimum atomic E-state index is -0.943. The normalized spacial score (nSPS) is 11.2. The van der Waals surface area contributed by atoms with Gasteiger partial charge in [-0.15, -0.1) is 0 Å². The van der Waals surface area contributed by atoms with Crippen molar-refractivity contribution >= 4 is 68.5 Å². The van der Waals surface area contributed by atoms with E-state index in [0.29, 0.717) is 72.2 Å². The summed E-state index contributed by atoms with van der Waals surface area (Å²) in [5.41, 5.74) is 5.80. The van der Waals surface area contributed by atoms with Crippen molar-refractivity contribution in [2.75, 3.05) is 13.2 Å². The third-order valence-electron chi connectivity index (χ3n) is 9.29. The van der Waals surface area contributed by atoms with Crippen molar-refractivity contribution in [3.8, 4) is 11.5 Å². The topological polar surface area (TPSA) is 106 Å². The molecular formula is C41H35Cl3N2O7. The third kappa shape index (κ3) is 7.83. The lowest BCUT2D eigenvalue weighted by Gasteiger charge is -2.18. The molecule has 0 fully saturated rings. The molecule has 0 bridgehead atoms. The Balaban J connectivity index is 1.21. The summed E-state index contributed by atoms with van der Waals surface area (Å²) < 4.78 is 20.0. The summed E-state index contributed by atoms with van der Waals surface area (Å²) in [6, 6.07) is 21.4. The van der Waals surface area contributed by atoms with Gasteiger partial charge in [0.15, 0.2) is 13.2 Å². The van der Waals surface area contributed by atoms with Crippen LogP contribution in [0, 0.1) is 20.8 Å². The highest BCUT2D eigenvalue weighted by molar-refractivity contribution is 6.35. The molecule has 4 aromatic carbocycles. The van der Waals surface area contributed by atoms with E-state index in [0.717, 1.165) is 22.3 Å². The summed E-state index contributed by atoms with van der Waals surface area (Å²) in [5, 5.41) is 2.74. The molecule has 0 saturated carbocycles. The van der Waals surface area contributed by atoms with Crippen molar-refractivity contribution in [2.24, 2.45) is 14.1 Å². The Labute approximate surface area is 320 Å². The zero-order chi connectivity index (χ0) is 38.1. The molecule has 0 spiro atoms. The van der Waals surface area contributed by atoms with Gasteiger partial charge in [0.2, 0.25) is 0 Å². The molecule has 0 atom stereocenters. The Morgan fingerprint density at radius 1 is 0.623 bits per heavy atom. The monoisotopic (exact) mass is 772 g/mol. The van der Waals surface area contributed by atoms with Crippen LogP contribution in [0.3, 0.4) is 0 Å². The number of nitrogens with zero attached hydrogens (tertiary/aromatic N) is 2. The Morgan fingerprint density at radius 3 is 1.75 bits per heavy atom. The first-order valence-electron chi connectivity index (χ1n) is 16.6. The highest BCUT2D eigenvalue weighted by Crippen LogP contribution is 2.35. The second-order valence-electron chi connectivity index (χ2n) is 12.9. The van der Waals surface area contributed by atoms with Crippen LogP contribution in [0.4, 0.5) is 0 Å². The molecule has 9 nitrogen and oxygen atoms in total. The highest BCUT2D eigenvalue weighted by atomic mass is 35.5. The molecule has 272 valence electrons. The molecule has 0 radical (unpaired) electrons. The number of aryl methyl sites for hydroxylation is 4. The molecule has 6 aromatic rings. The summed E-state index contributed by atoms with van der Waals surface area (Å²) >= 11 is 18.7. The van der Waals surface area contributed by atoms with Gasteiger partial charge in [0.05, 0.1) is 16.1 Å². The van der Waals surface area contributed by atoms with Crippen molar-refractivity contribution in [3.05, 3.63) is 148 Å². The summed E-state index contributed by atoms with van der Waals surface area (Å²) in [7, 11) is 3.31. The summed E-state index contributed by atoms with van der Waals surface area (Å²) in [5.74, 6) is -1.22. The van der Waals surface area contributed by atoms with Gasteiger partial charge in [-0.2, -0.15) is 0 Å². The first-order valence-corrected chi connectivity index (χ1v) is 17.8. The molecular weight excluding hydrogens is 739 g/mol. The van der Waals surface area contributed by atoms with Crippen LogP contribution in [0.5, 0.6) is 11.5 Å². The van der Waals surface area contributed by atoms with E-state index in [-0.39, 0.29) is 16.9 Å². The Bertz CT molecular complexity index is 2540. The van der Waals surface area contributed by atoms with Crippen molar-refractivity contribution in [1.82, 2.24) is 9.13 Å². The predicted molar refractivity (Wildman–Crippen MR) is 208 cm³/mol. The van der Waals surface area contributed by atoms with Gasteiger partial charge in [-0.3, -0.25) is 9.59 Å². The van der Waals surface area contributed by atoms with E-state index in [1.165, 1.54) is 4.57 Å². The SMILES string of the molecule is Cc1cc(OCC(=O)OC(=O)COc2ccc(Cl)c3c2c(C)c(Cc2ccc(Cl)cc2)c(=O)n3C)c2c(Cc3ccc(Cl)cc3)c(C)c(=O)n(C)c2c1. The molecule has 0 aliphatic heterocycles. The molecule has 2 aromatic heterocycles. The fourth-order valence-electron chi connectivity index (χ4n) is 6.57.